The number of aromatic nitrogens is 1. The number of oxazole rings is 1. The maximum Gasteiger partial charge on any atom is 0.342 e. The molecule has 0 aliphatic rings. The van der Waals surface area contributed by atoms with Crippen LogP contribution in [0.3, 0.4) is 0 Å². The van der Waals surface area contributed by atoms with Crippen molar-refractivity contribution in [2.45, 2.75) is 12.1 Å². The third kappa shape index (κ3) is 4.13. The van der Waals surface area contributed by atoms with Crippen LogP contribution in [0.4, 0.5) is 0 Å². The second kappa shape index (κ2) is 8.00. The molecule has 26 heavy (non-hydrogen) atoms. The molecule has 2 aromatic carbocycles. The number of ether oxygens (including phenoxy) is 1. The number of hydrogen-bond acceptors (Lipinski definition) is 6. The third-order valence-corrected chi connectivity index (χ3v) is 5.01. The van der Waals surface area contributed by atoms with Gasteiger partial charge in [-0.25, -0.2) is 9.78 Å². The summed E-state index contributed by atoms with van der Waals surface area (Å²) < 4.78 is 11.5. The second-order valence-corrected chi connectivity index (χ2v) is 7.30. The minimum absolute atomic E-state index is 0.0353. The van der Waals surface area contributed by atoms with Crippen LogP contribution in [0.2, 0.25) is 0 Å². The Morgan fingerprint density at radius 2 is 2.15 bits per heavy atom. The first kappa shape index (κ1) is 18.6. The fraction of sp³-hybridized carbons (Fsp3) is 0.111. The Bertz CT molecular complexity index is 965. The molecule has 8 heteroatoms. The highest BCUT2D eigenvalue weighted by molar-refractivity contribution is 14.1. The molecule has 0 amide bonds. The van der Waals surface area contributed by atoms with Crippen molar-refractivity contribution in [3.05, 3.63) is 50.4 Å². The van der Waals surface area contributed by atoms with Gasteiger partial charge in [-0.15, -0.1) is 0 Å². The van der Waals surface area contributed by atoms with Gasteiger partial charge in [-0.2, -0.15) is 0 Å². The van der Waals surface area contributed by atoms with Gasteiger partial charge in [0.15, 0.2) is 17.1 Å². The molecule has 3 aromatic rings. The van der Waals surface area contributed by atoms with Crippen molar-refractivity contribution in [1.82, 2.24) is 4.98 Å². The number of halogens is 1. The van der Waals surface area contributed by atoms with Crippen molar-refractivity contribution in [3.63, 3.8) is 0 Å². The molecule has 0 saturated heterocycles. The molecule has 0 bridgehead atoms. The molecule has 0 atom stereocenters. The van der Waals surface area contributed by atoms with E-state index >= 15 is 0 Å². The highest BCUT2D eigenvalue weighted by Gasteiger charge is 2.16. The fourth-order valence-electron chi connectivity index (χ4n) is 2.22. The number of aromatic hydroxyl groups is 1. The van der Waals surface area contributed by atoms with Gasteiger partial charge in [0.1, 0.15) is 10.4 Å². The Morgan fingerprint density at radius 3 is 2.85 bits per heavy atom. The molecule has 0 unspecified atom stereocenters. The van der Waals surface area contributed by atoms with Crippen LogP contribution in [-0.2, 0) is 4.79 Å². The van der Waals surface area contributed by atoms with E-state index in [4.69, 9.17) is 9.15 Å². The van der Waals surface area contributed by atoms with Gasteiger partial charge in [-0.1, -0.05) is 12.1 Å². The van der Waals surface area contributed by atoms with Crippen LogP contribution in [0, 0.1) is 3.57 Å². The normalized spacial score (nSPS) is 11.7. The molecule has 0 spiro atoms. The minimum Gasteiger partial charge on any atom is -0.504 e. The number of carboxylic acids is 1. The first-order valence-electron chi connectivity index (χ1n) is 7.61. The number of aliphatic carboxylic acids is 1. The summed E-state index contributed by atoms with van der Waals surface area (Å²) in [6.45, 7) is 2.20. The van der Waals surface area contributed by atoms with Crippen LogP contribution < -0.4 is 4.74 Å². The van der Waals surface area contributed by atoms with Gasteiger partial charge in [-0.05, 0) is 77.2 Å². The molecule has 0 aliphatic heterocycles. The Balaban J connectivity index is 1.95. The summed E-state index contributed by atoms with van der Waals surface area (Å²) >= 11 is 2.89. The summed E-state index contributed by atoms with van der Waals surface area (Å²) in [5.41, 5.74) is 1.85. The zero-order chi connectivity index (χ0) is 18.7. The molecule has 6 nitrogen and oxygen atoms in total. The Morgan fingerprint density at radius 1 is 1.38 bits per heavy atom. The summed E-state index contributed by atoms with van der Waals surface area (Å²) in [6.07, 6.45) is 1.49. The maximum absolute atomic E-state index is 11.6. The van der Waals surface area contributed by atoms with Crippen LogP contribution in [0.1, 0.15) is 12.5 Å². The number of thioether (sulfide) groups is 1. The molecule has 0 saturated carbocycles. The van der Waals surface area contributed by atoms with Gasteiger partial charge >= 0.3 is 5.97 Å². The summed E-state index contributed by atoms with van der Waals surface area (Å²) in [6, 6.07) is 10.5. The molecule has 0 fully saturated rings. The number of nitrogens with zero attached hydrogens (tertiary/aromatic N) is 1. The molecular formula is C18H14INO5S. The second-order valence-electron chi connectivity index (χ2n) is 5.15. The van der Waals surface area contributed by atoms with Crippen molar-refractivity contribution in [3.8, 4) is 11.5 Å². The number of para-hydroxylation sites is 2. The first-order valence-corrected chi connectivity index (χ1v) is 9.51. The SMILES string of the molecule is CCOc1cc(/C=C(\Sc2nc3ccccc3o2)C(=O)O)cc(I)c1O. The lowest BCUT2D eigenvalue weighted by Crippen LogP contribution is -1.98. The number of phenols is 1. The summed E-state index contributed by atoms with van der Waals surface area (Å²) in [4.78, 5) is 16.0. The molecule has 0 radical (unpaired) electrons. The van der Waals surface area contributed by atoms with Gasteiger partial charge < -0.3 is 19.4 Å². The first-order chi connectivity index (χ1) is 12.5. The van der Waals surface area contributed by atoms with E-state index in [2.05, 4.69) is 4.98 Å². The van der Waals surface area contributed by atoms with E-state index in [0.29, 0.717) is 32.6 Å². The summed E-state index contributed by atoms with van der Waals surface area (Å²) in [7, 11) is 0. The zero-order valence-corrected chi connectivity index (χ0v) is 16.6. The van der Waals surface area contributed by atoms with E-state index in [1.807, 2.05) is 34.7 Å². The van der Waals surface area contributed by atoms with E-state index in [9.17, 15) is 15.0 Å². The number of rotatable bonds is 6. The highest BCUT2D eigenvalue weighted by Crippen LogP contribution is 2.35. The van der Waals surface area contributed by atoms with Gasteiger partial charge in [0.05, 0.1) is 10.2 Å². The minimum atomic E-state index is -1.10. The number of phenolic OH excluding ortho intramolecular Hbond substituents is 1. The van der Waals surface area contributed by atoms with Crippen molar-refractivity contribution in [2.75, 3.05) is 6.61 Å². The Labute approximate surface area is 167 Å². The molecule has 3 rings (SSSR count). The van der Waals surface area contributed by atoms with E-state index in [0.717, 1.165) is 11.8 Å². The van der Waals surface area contributed by atoms with E-state index in [1.165, 1.54) is 6.08 Å². The van der Waals surface area contributed by atoms with Crippen molar-refractivity contribution in [2.24, 2.45) is 0 Å². The van der Waals surface area contributed by atoms with Crippen molar-refractivity contribution >= 4 is 57.5 Å². The molecule has 1 heterocycles. The van der Waals surface area contributed by atoms with Crippen molar-refractivity contribution in [1.29, 1.82) is 0 Å². The summed E-state index contributed by atoms with van der Waals surface area (Å²) in [5.74, 6) is -0.756. The maximum atomic E-state index is 11.6. The standard InChI is InChI=1S/C18H14INO5S/c1-2-24-14-8-10(7-11(19)16(14)21)9-15(17(22)23)26-18-20-12-5-3-4-6-13(12)25-18/h3-9,21H,2H2,1H3,(H,22,23)/b15-9-. The summed E-state index contributed by atoms with van der Waals surface area (Å²) in [5, 5.41) is 19.8. The van der Waals surface area contributed by atoms with Crippen LogP contribution in [0.25, 0.3) is 17.2 Å². The topological polar surface area (TPSA) is 92.8 Å². The average molecular weight is 483 g/mol. The lowest BCUT2D eigenvalue weighted by atomic mass is 10.2. The lowest BCUT2D eigenvalue weighted by Gasteiger charge is -2.09. The van der Waals surface area contributed by atoms with Gasteiger partial charge in [0.2, 0.25) is 0 Å². The van der Waals surface area contributed by atoms with Crippen LogP contribution in [0.15, 0.2) is 50.9 Å². The number of carboxylic acid groups (broad SMARTS) is 1. The molecule has 134 valence electrons. The van der Waals surface area contributed by atoms with Gasteiger partial charge in [-0.3, -0.25) is 0 Å². The largest absolute Gasteiger partial charge is 0.504 e. The zero-order valence-electron chi connectivity index (χ0n) is 13.6. The van der Waals surface area contributed by atoms with Gasteiger partial charge in [0, 0.05) is 0 Å². The molecule has 0 aliphatic carbocycles. The predicted molar refractivity (Wildman–Crippen MR) is 107 cm³/mol. The quantitative estimate of drug-likeness (QED) is 0.297. The van der Waals surface area contributed by atoms with Crippen molar-refractivity contribution < 1.29 is 24.2 Å². The number of hydrogen-bond donors (Lipinski definition) is 2. The number of benzene rings is 2. The van der Waals surface area contributed by atoms with Crippen LogP contribution in [-0.4, -0.2) is 27.8 Å². The number of carbonyl (C=O) groups is 1. The van der Waals surface area contributed by atoms with E-state index < -0.39 is 5.97 Å². The molecule has 2 N–H and O–H groups in total. The van der Waals surface area contributed by atoms with Gasteiger partial charge in [0.25, 0.3) is 5.22 Å². The van der Waals surface area contributed by atoms with E-state index in [1.54, 1.807) is 31.2 Å². The average Bonchev–Trinajstić information content (AvgIpc) is 3.01. The smallest absolute Gasteiger partial charge is 0.342 e. The van der Waals surface area contributed by atoms with Crippen LogP contribution >= 0.6 is 34.4 Å². The lowest BCUT2D eigenvalue weighted by molar-refractivity contribution is -0.131. The predicted octanol–water partition coefficient (Wildman–Crippen LogP) is 4.75. The van der Waals surface area contributed by atoms with Crippen LogP contribution in [0.5, 0.6) is 11.5 Å². The Kier molecular flexibility index (Phi) is 5.72. The monoisotopic (exact) mass is 483 g/mol. The Hall–Kier alpha value is -2.20. The number of fused-ring (bicyclic) bond motifs is 1. The molecule has 1 aromatic heterocycles. The van der Waals surface area contributed by atoms with E-state index in [-0.39, 0.29) is 15.9 Å². The third-order valence-electron chi connectivity index (χ3n) is 3.33. The molecular weight excluding hydrogens is 469 g/mol. The fourth-order valence-corrected chi connectivity index (χ4v) is 3.59. The highest BCUT2D eigenvalue weighted by atomic mass is 127.